The first-order valence-electron chi connectivity index (χ1n) is 3.58. The quantitative estimate of drug-likeness (QED) is 0.721. The minimum absolute atomic E-state index is 0.136. The van der Waals surface area contributed by atoms with Gasteiger partial charge in [0.2, 0.25) is 5.91 Å². The Kier molecular flexibility index (Phi) is 3.40. The van der Waals surface area contributed by atoms with Crippen molar-refractivity contribution in [2.24, 2.45) is 0 Å². The Morgan fingerprint density at radius 2 is 2.67 bits per heavy atom. The van der Waals surface area contributed by atoms with E-state index in [1.54, 1.807) is 6.08 Å². The van der Waals surface area contributed by atoms with Gasteiger partial charge >= 0.3 is 0 Å². The van der Waals surface area contributed by atoms with Crippen molar-refractivity contribution in [3.8, 4) is 0 Å². The van der Waals surface area contributed by atoms with Gasteiger partial charge in [-0.1, -0.05) is 17.5 Å². The number of aromatic nitrogens is 2. The van der Waals surface area contributed by atoms with Gasteiger partial charge in [-0.05, 0) is 12.5 Å². The molecule has 5 heteroatoms. The van der Waals surface area contributed by atoms with E-state index in [0.717, 1.165) is 18.0 Å². The zero-order valence-electron chi connectivity index (χ0n) is 6.65. The van der Waals surface area contributed by atoms with Crippen LogP contribution in [0, 0.1) is 0 Å². The molecule has 64 valence electrons. The summed E-state index contributed by atoms with van der Waals surface area (Å²) in [6, 6.07) is 0. The Hall–Kier alpha value is -1.23. The van der Waals surface area contributed by atoms with Gasteiger partial charge in [0.1, 0.15) is 5.00 Å². The van der Waals surface area contributed by atoms with E-state index in [-0.39, 0.29) is 5.91 Å². The predicted molar refractivity (Wildman–Crippen MR) is 48.0 cm³/mol. The molecule has 1 aromatic heterocycles. The molecule has 1 aromatic rings. The number of anilines is 1. The maximum absolute atomic E-state index is 11.0. The van der Waals surface area contributed by atoms with Crippen LogP contribution in [0.25, 0.3) is 0 Å². The first-order chi connectivity index (χ1) is 5.83. The van der Waals surface area contributed by atoms with E-state index in [0.29, 0.717) is 5.00 Å². The Labute approximate surface area is 74.5 Å². The SMILES string of the molecule is CC/C=C/C(=O)Nc1cnns1. The fraction of sp³-hybridized carbons (Fsp3) is 0.286. The monoisotopic (exact) mass is 183 g/mol. The molecular formula is C7H9N3OS. The summed E-state index contributed by atoms with van der Waals surface area (Å²) < 4.78 is 3.61. The molecule has 0 radical (unpaired) electrons. The summed E-state index contributed by atoms with van der Waals surface area (Å²) in [5.74, 6) is -0.136. The molecule has 4 nitrogen and oxygen atoms in total. The van der Waals surface area contributed by atoms with Crippen LogP contribution in [0.15, 0.2) is 18.3 Å². The molecule has 1 N–H and O–H groups in total. The molecule has 0 aliphatic carbocycles. The summed E-state index contributed by atoms with van der Waals surface area (Å²) in [5, 5.41) is 6.88. The lowest BCUT2D eigenvalue weighted by atomic mass is 10.4. The number of hydrogen-bond donors (Lipinski definition) is 1. The van der Waals surface area contributed by atoms with Crippen LogP contribution < -0.4 is 5.32 Å². The average Bonchev–Trinajstić information content (AvgIpc) is 2.53. The second-order valence-electron chi connectivity index (χ2n) is 2.08. The van der Waals surface area contributed by atoms with Crippen molar-refractivity contribution in [2.75, 3.05) is 5.32 Å². The number of amides is 1. The third-order valence-electron chi connectivity index (χ3n) is 1.11. The summed E-state index contributed by atoms with van der Waals surface area (Å²) in [6.07, 6.45) is 5.67. The van der Waals surface area contributed by atoms with Crippen molar-refractivity contribution in [2.45, 2.75) is 13.3 Å². The van der Waals surface area contributed by atoms with Crippen LogP contribution in [0.4, 0.5) is 5.00 Å². The summed E-state index contributed by atoms with van der Waals surface area (Å²) in [5.41, 5.74) is 0. The Morgan fingerprint density at radius 3 is 3.25 bits per heavy atom. The molecule has 0 spiro atoms. The molecule has 0 aromatic carbocycles. The highest BCUT2D eigenvalue weighted by atomic mass is 32.1. The van der Waals surface area contributed by atoms with Gasteiger partial charge < -0.3 is 5.32 Å². The number of nitrogens with one attached hydrogen (secondary N) is 1. The predicted octanol–water partition coefficient (Wildman–Crippen LogP) is 1.44. The van der Waals surface area contributed by atoms with Crippen LogP contribution in [0.2, 0.25) is 0 Å². The maximum Gasteiger partial charge on any atom is 0.248 e. The maximum atomic E-state index is 11.0. The molecule has 1 amide bonds. The molecular weight excluding hydrogens is 174 g/mol. The van der Waals surface area contributed by atoms with Crippen molar-refractivity contribution in [3.63, 3.8) is 0 Å². The van der Waals surface area contributed by atoms with E-state index in [1.807, 2.05) is 6.92 Å². The van der Waals surface area contributed by atoms with E-state index < -0.39 is 0 Å². The minimum Gasteiger partial charge on any atom is -0.311 e. The third kappa shape index (κ3) is 2.79. The first-order valence-corrected chi connectivity index (χ1v) is 4.35. The van der Waals surface area contributed by atoms with E-state index in [4.69, 9.17) is 0 Å². The summed E-state index contributed by atoms with van der Waals surface area (Å²) in [4.78, 5) is 11.0. The molecule has 1 heterocycles. The van der Waals surface area contributed by atoms with Crippen molar-refractivity contribution in [1.29, 1.82) is 0 Å². The summed E-state index contributed by atoms with van der Waals surface area (Å²) in [6.45, 7) is 1.97. The highest BCUT2D eigenvalue weighted by Gasteiger charge is 1.98. The lowest BCUT2D eigenvalue weighted by Crippen LogP contribution is -2.05. The molecule has 0 saturated carbocycles. The summed E-state index contributed by atoms with van der Waals surface area (Å²) in [7, 11) is 0. The van der Waals surface area contributed by atoms with Crippen LogP contribution in [0.3, 0.4) is 0 Å². The normalized spacial score (nSPS) is 10.4. The van der Waals surface area contributed by atoms with E-state index in [1.165, 1.54) is 12.3 Å². The van der Waals surface area contributed by atoms with Crippen LogP contribution in [-0.2, 0) is 4.79 Å². The molecule has 1 rings (SSSR count). The molecule has 0 aliphatic rings. The number of rotatable bonds is 3. The van der Waals surface area contributed by atoms with Gasteiger partial charge in [0, 0.05) is 11.5 Å². The second-order valence-corrected chi connectivity index (χ2v) is 2.87. The lowest BCUT2D eigenvalue weighted by molar-refractivity contribution is -0.111. The zero-order chi connectivity index (χ0) is 8.81. The van der Waals surface area contributed by atoms with Crippen molar-refractivity contribution in [1.82, 2.24) is 9.59 Å². The highest BCUT2D eigenvalue weighted by molar-refractivity contribution is 7.10. The van der Waals surface area contributed by atoms with Crippen LogP contribution in [-0.4, -0.2) is 15.5 Å². The molecule has 0 saturated heterocycles. The zero-order valence-corrected chi connectivity index (χ0v) is 7.47. The lowest BCUT2D eigenvalue weighted by Gasteiger charge is -1.93. The fourth-order valence-electron chi connectivity index (χ4n) is 0.610. The molecule has 0 unspecified atom stereocenters. The van der Waals surface area contributed by atoms with Gasteiger partial charge in [-0.3, -0.25) is 4.79 Å². The largest absolute Gasteiger partial charge is 0.311 e. The highest BCUT2D eigenvalue weighted by Crippen LogP contribution is 2.08. The summed E-state index contributed by atoms with van der Waals surface area (Å²) >= 11 is 1.16. The van der Waals surface area contributed by atoms with Gasteiger partial charge in [0.15, 0.2) is 0 Å². The fourth-order valence-corrected chi connectivity index (χ4v) is 1.03. The molecule has 12 heavy (non-hydrogen) atoms. The topological polar surface area (TPSA) is 54.9 Å². The van der Waals surface area contributed by atoms with Gasteiger partial charge in [0.05, 0.1) is 6.20 Å². The van der Waals surface area contributed by atoms with E-state index in [9.17, 15) is 4.79 Å². The van der Waals surface area contributed by atoms with Crippen LogP contribution in [0.5, 0.6) is 0 Å². The smallest absolute Gasteiger partial charge is 0.248 e. The number of hydrogen-bond acceptors (Lipinski definition) is 4. The van der Waals surface area contributed by atoms with Crippen molar-refractivity contribution in [3.05, 3.63) is 18.3 Å². The van der Waals surface area contributed by atoms with Gasteiger partial charge in [-0.15, -0.1) is 5.10 Å². The molecule has 0 atom stereocenters. The molecule has 0 fully saturated rings. The standard InChI is InChI=1S/C7H9N3OS/c1-2-3-4-6(11)9-7-5-8-10-12-7/h3-5H,2H2,1H3,(H,9,11)/b4-3+. The van der Waals surface area contributed by atoms with Gasteiger partial charge in [-0.25, -0.2) is 0 Å². The molecule has 0 aliphatic heterocycles. The van der Waals surface area contributed by atoms with Crippen molar-refractivity contribution >= 4 is 22.4 Å². The van der Waals surface area contributed by atoms with Crippen LogP contribution in [0.1, 0.15) is 13.3 Å². The third-order valence-corrected chi connectivity index (χ3v) is 1.69. The first kappa shape index (κ1) is 8.86. The Balaban J connectivity index is 2.42. The van der Waals surface area contributed by atoms with E-state index in [2.05, 4.69) is 14.9 Å². The van der Waals surface area contributed by atoms with Crippen molar-refractivity contribution < 1.29 is 4.79 Å². The Bertz CT molecular complexity index is 268. The van der Waals surface area contributed by atoms with E-state index >= 15 is 0 Å². The van der Waals surface area contributed by atoms with Gasteiger partial charge in [0.25, 0.3) is 0 Å². The number of carbonyl (C=O) groups excluding carboxylic acids is 1. The van der Waals surface area contributed by atoms with Crippen LogP contribution >= 0.6 is 11.5 Å². The Morgan fingerprint density at radius 1 is 1.83 bits per heavy atom. The number of nitrogens with zero attached hydrogens (tertiary/aromatic N) is 2. The number of carbonyl (C=O) groups is 1. The molecule has 0 bridgehead atoms. The number of allylic oxidation sites excluding steroid dienone is 1. The van der Waals surface area contributed by atoms with Gasteiger partial charge in [-0.2, -0.15) is 0 Å². The average molecular weight is 183 g/mol. The minimum atomic E-state index is -0.136. The second kappa shape index (κ2) is 4.61.